The first-order chi connectivity index (χ1) is 7.02. The summed E-state index contributed by atoms with van der Waals surface area (Å²) < 4.78 is 27.5. The number of oxazole rings is 1. The minimum atomic E-state index is -2.98. The van der Waals surface area contributed by atoms with Gasteiger partial charge >= 0.3 is 0 Å². The van der Waals surface area contributed by atoms with Gasteiger partial charge in [-0.25, -0.2) is 13.4 Å². The summed E-state index contributed by atoms with van der Waals surface area (Å²) in [6.07, 6.45) is 0.479. The van der Waals surface area contributed by atoms with Crippen molar-refractivity contribution in [2.45, 2.75) is 12.3 Å². The number of anilines is 1. The Morgan fingerprint density at radius 2 is 2.33 bits per heavy atom. The van der Waals surface area contributed by atoms with Crippen molar-refractivity contribution in [3.05, 3.63) is 11.6 Å². The molecule has 1 fully saturated rings. The van der Waals surface area contributed by atoms with Gasteiger partial charge in [-0.1, -0.05) is 0 Å². The van der Waals surface area contributed by atoms with Gasteiger partial charge in [0.1, 0.15) is 6.07 Å². The van der Waals surface area contributed by atoms with E-state index in [0.717, 1.165) is 0 Å². The molecule has 2 heterocycles. The lowest BCUT2D eigenvalue weighted by Gasteiger charge is -1.99. The van der Waals surface area contributed by atoms with Gasteiger partial charge in [0.25, 0.3) is 0 Å². The number of nitriles is 1. The molecule has 1 unspecified atom stereocenters. The first kappa shape index (κ1) is 9.98. The Morgan fingerprint density at radius 1 is 1.60 bits per heavy atom. The first-order valence-corrected chi connectivity index (χ1v) is 6.20. The van der Waals surface area contributed by atoms with E-state index in [9.17, 15) is 8.42 Å². The molecule has 0 aromatic carbocycles. The third kappa shape index (κ3) is 1.80. The zero-order valence-electron chi connectivity index (χ0n) is 7.80. The van der Waals surface area contributed by atoms with Gasteiger partial charge in [-0.3, -0.25) is 0 Å². The van der Waals surface area contributed by atoms with Gasteiger partial charge in [-0.15, -0.1) is 0 Å². The van der Waals surface area contributed by atoms with E-state index >= 15 is 0 Å². The van der Waals surface area contributed by atoms with Gasteiger partial charge < -0.3 is 10.2 Å². The van der Waals surface area contributed by atoms with Crippen molar-refractivity contribution in [1.82, 2.24) is 4.98 Å². The normalized spacial score (nSPS) is 23.8. The van der Waals surface area contributed by atoms with Crippen LogP contribution in [-0.2, 0) is 9.84 Å². The molecule has 1 aromatic rings. The van der Waals surface area contributed by atoms with Crippen LogP contribution in [0.3, 0.4) is 0 Å². The summed E-state index contributed by atoms with van der Waals surface area (Å²) in [5, 5.41) is 8.61. The SMILES string of the molecule is N#Cc1nc(C2CCS(=O)(=O)C2)oc1N. The maximum absolute atomic E-state index is 11.2. The molecule has 0 amide bonds. The van der Waals surface area contributed by atoms with Gasteiger partial charge in [0.05, 0.1) is 17.4 Å². The molecule has 80 valence electrons. The molecule has 0 spiro atoms. The highest BCUT2D eigenvalue weighted by Gasteiger charge is 2.32. The zero-order chi connectivity index (χ0) is 11.1. The molecule has 7 heteroatoms. The predicted octanol–water partition coefficient (Wildman–Crippen LogP) is 0.0306. The number of aromatic nitrogens is 1. The monoisotopic (exact) mass is 227 g/mol. The minimum Gasteiger partial charge on any atom is -0.424 e. The second kappa shape index (κ2) is 3.24. The molecule has 15 heavy (non-hydrogen) atoms. The van der Waals surface area contributed by atoms with E-state index < -0.39 is 9.84 Å². The lowest BCUT2D eigenvalue weighted by atomic mass is 10.1. The van der Waals surface area contributed by atoms with E-state index in [1.165, 1.54) is 0 Å². The molecule has 1 aliphatic rings. The van der Waals surface area contributed by atoms with Gasteiger partial charge in [0, 0.05) is 0 Å². The number of rotatable bonds is 1. The van der Waals surface area contributed by atoms with E-state index in [1.54, 1.807) is 6.07 Å². The van der Waals surface area contributed by atoms with E-state index in [2.05, 4.69) is 4.98 Å². The Bertz CT molecular complexity index is 526. The Kier molecular flexibility index (Phi) is 2.16. The average Bonchev–Trinajstić information content (AvgIpc) is 2.69. The van der Waals surface area contributed by atoms with Gasteiger partial charge in [-0.05, 0) is 6.42 Å². The minimum absolute atomic E-state index is 0.0225. The second-order valence-corrected chi connectivity index (χ2v) is 5.71. The Morgan fingerprint density at radius 3 is 2.80 bits per heavy atom. The summed E-state index contributed by atoms with van der Waals surface area (Å²) in [6.45, 7) is 0. The van der Waals surface area contributed by atoms with Crippen LogP contribution in [0.2, 0.25) is 0 Å². The van der Waals surface area contributed by atoms with Crippen molar-refractivity contribution in [1.29, 1.82) is 5.26 Å². The van der Waals surface area contributed by atoms with Crippen LogP contribution < -0.4 is 5.73 Å². The average molecular weight is 227 g/mol. The second-order valence-electron chi connectivity index (χ2n) is 3.48. The third-order valence-electron chi connectivity index (χ3n) is 2.36. The number of nitrogen functional groups attached to an aromatic ring is 1. The predicted molar refractivity (Wildman–Crippen MR) is 51.6 cm³/mol. The van der Waals surface area contributed by atoms with Crippen LogP contribution in [0.5, 0.6) is 0 Å². The summed E-state index contributed by atoms with van der Waals surface area (Å²) in [4.78, 5) is 3.86. The van der Waals surface area contributed by atoms with Crippen LogP contribution in [0.15, 0.2) is 4.42 Å². The molecule has 0 aliphatic carbocycles. The summed E-state index contributed by atoms with van der Waals surface area (Å²) in [5.41, 5.74) is 5.41. The molecule has 0 saturated carbocycles. The van der Waals surface area contributed by atoms with Crippen LogP contribution in [0.25, 0.3) is 0 Å². The van der Waals surface area contributed by atoms with Crippen LogP contribution >= 0.6 is 0 Å². The van der Waals surface area contributed by atoms with Crippen molar-refractivity contribution in [2.75, 3.05) is 17.2 Å². The number of nitrogens with zero attached hydrogens (tertiary/aromatic N) is 2. The van der Waals surface area contributed by atoms with Crippen molar-refractivity contribution >= 4 is 15.7 Å². The largest absolute Gasteiger partial charge is 0.424 e. The first-order valence-electron chi connectivity index (χ1n) is 4.38. The van der Waals surface area contributed by atoms with Crippen LogP contribution in [-0.4, -0.2) is 24.9 Å². The van der Waals surface area contributed by atoms with Crippen molar-refractivity contribution in [3.63, 3.8) is 0 Å². The molecule has 1 aromatic heterocycles. The summed E-state index contributed by atoms with van der Waals surface area (Å²) in [5.74, 6) is 0.112. The van der Waals surface area contributed by atoms with Gasteiger partial charge in [0.2, 0.25) is 17.5 Å². The number of nitrogens with two attached hydrogens (primary N) is 1. The maximum Gasteiger partial charge on any atom is 0.229 e. The Hall–Kier alpha value is -1.55. The van der Waals surface area contributed by atoms with Gasteiger partial charge in [-0.2, -0.15) is 5.26 Å². The lowest BCUT2D eigenvalue weighted by Crippen LogP contribution is -2.03. The maximum atomic E-state index is 11.2. The fraction of sp³-hybridized carbons (Fsp3) is 0.500. The molecule has 2 rings (SSSR count). The molecule has 1 aliphatic heterocycles. The van der Waals surface area contributed by atoms with Crippen molar-refractivity contribution in [3.8, 4) is 6.07 Å². The summed E-state index contributed by atoms with van der Waals surface area (Å²) in [6, 6.07) is 1.78. The molecular weight excluding hydrogens is 218 g/mol. The third-order valence-corrected chi connectivity index (χ3v) is 4.13. The molecular formula is C8H9N3O3S. The summed E-state index contributed by atoms with van der Waals surface area (Å²) >= 11 is 0. The highest BCUT2D eigenvalue weighted by molar-refractivity contribution is 7.91. The lowest BCUT2D eigenvalue weighted by molar-refractivity contribution is 0.474. The number of sulfone groups is 1. The van der Waals surface area contributed by atoms with Crippen LogP contribution in [0.1, 0.15) is 23.9 Å². The van der Waals surface area contributed by atoms with Crippen molar-refractivity contribution < 1.29 is 12.8 Å². The van der Waals surface area contributed by atoms with Crippen molar-refractivity contribution in [2.24, 2.45) is 0 Å². The van der Waals surface area contributed by atoms with Crippen LogP contribution in [0.4, 0.5) is 5.88 Å². The number of hydrogen-bond donors (Lipinski definition) is 1. The highest BCUT2D eigenvalue weighted by atomic mass is 32.2. The Balaban J connectivity index is 2.29. The summed E-state index contributed by atoms with van der Waals surface area (Å²) in [7, 11) is -2.98. The molecule has 6 nitrogen and oxygen atoms in total. The smallest absolute Gasteiger partial charge is 0.229 e. The Labute approximate surface area is 86.6 Å². The molecule has 2 N–H and O–H groups in total. The molecule has 1 saturated heterocycles. The molecule has 0 radical (unpaired) electrons. The van der Waals surface area contributed by atoms with E-state index in [1.807, 2.05) is 0 Å². The number of hydrogen-bond acceptors (Lipinski definition) is 6. The molecule has 1 atom stereocenters. The highest BCUT2D eigenvalue weighted by Crippen LogP contribution is 2.29. The molecule has 0 bridgehead atoms. The topological polar surface area (TPSA) is 110 Å². The van der Waals surface area contributed by atoms with Crippen LogP contribution in [0, 0.1) is 11.3 Å². The van der Waals surface area contributed by atoms with E-state index in [4.69, 9.17) is 15.4 Å². The van der Waals surface area contributed by atoms with E-state index in [-0.39, 0.29) is 34.9 Å². The zero-order valence-corrected chi connectivity index (χ0v) is 8.62. The van der Waals surface area contributed by atoms with E-state index in [0.29, 0.717) is 6.42 Å². The standard InChI is InChI=1S/C8H9N3O3S/c9-3-6-7(10)14-8(11-6)5-1-2-15(12,13)4-5/h5H,1-2,4,10H2. The fourth-order valence-corrected chi connectivity index (χ4v) is 3.33. The fourth-order valence-electron chi connectivity index (χ4n) is 1.59. The quantitative estimate of drug-likeness (QED) is 0.724. The van der Waals surface area contributed by atoms with Gasteiger partial charge in [0.15, 0.2) is 9.84 Å².